The zero-order valence-corrected chi connectivity index (χ0v) is 14.5. The molecule has 2 heterocycles. The number of carbonyl (C=O) groups is 1. The highest BCUT2D eigenvalue weighted by Gasteiger charge is 2.29. The molecule has 0 fully saturated rings. The minimum absolute atomic E-state index is 0.214. The van der Waals surface area contributed by atoms with E-state index in [-0.39, 0.29) is 11.3 Å². The van der Waals surface area contributed by atoms with Gasteiger partial charge in [0.1, 0.15) is 18.1 Å². The molecule has 1 aliphatic heterocycles. The molecule has 1 aromatic carbocycles. The van der Waals surface area contributed by atoms with Gasteiger partial charge in [0.2, 0.25) is 5.71 Å². The summed E-state index contributed by atoms with van der Waals surface area (Å²) in [5, 5.41) is 27.9. The van der Waals surface area contributed by atoms with Crippen LogP contribution in [0.15, 0.2) is 64.8 Å². The number of nitrogens with zero attached hydrogens (tertiary/aromatic N) is 2. The average Bonchev–Trinajstić information content (AvgIpc) is 3.16. The van der Waals surface area contributed by atoms with Gasteiger partial charge in [-0.25, -0.2) is 0 Å². The Bertz CT molecular complexity index is 999. The lowest BCUT2D eigenvalue weighted by atomic mass is 10.0. The quantitative estimate of drug-likeness (QED) is 0.461. The third-order valence-corrected chi connectivity index (χ3v) is 4.15. The molecule has 1 aliphatic rings. The van der Waals surface area contributed by atoms with Crippen molar-refractivity contribution in [2.24, 2.45) is 0 Å². The number of benzene rings is 1. The molecule has 3 rings (SSSR count). The van der Waals surface area contributed by atoms with Gasteiger partial charge in [0.15, 0.2) is 6.04 Å². The lowest BCUT2D eigenvalue weighted by Crippen LogP contribution is -2.42. The van der Waals surface area contributed by atoms with E-state index < -0.39 is 11.9 Å². The van der Waals surface area contributed by atoms with Crippen molar-refractivity contribution >= 4 is 23.0 Å². The van der Waals surface area contributed by atoms with Crippen LogP contribution < -0.4 is 16.5 Å². The van der Waals surface area contributed by atoms with Crippen LogP contribution in [-0.2, 0) is 4.79 Å². The van der Waals surface area contributed by atoms with E-state index in [1.165, 1.54) is 29.7 Å². The number of nitriles is 1. The number of nitrogens with two attached hydrogens (primary N) is 2. The number of nitrogen functional groups attached to an aromatic ring is 1. The molecule has 6 N–H and O–H groups in total. The number of hydrogen-bond donors (Lipinski definition) is 4. The van der Waals surface area contributed by atoms with Crippen LogP contribution in [0.2, 0.25) is 0 Å². The molecule has 27 heavy (non-hydrogen) atoms. The first kappa shape index (κ1) is 17.8. The third kappa shape index (κ3) is 3.52. The van der Waals surface area contributed by atoms with Crippen molar-refractivity contribution in [3.8, 4) is 6.07 Å². The number of nitrogens with one attached hydrogen (secondary N) is 1. The second-order valence-corrected chi connectivity index (χ2v) is 6.05. The van der Waals surface area contributed by atoms with Crippen LogP contribution in [0, 0.1) is 11.3 Å². The Labute approximate surface area is 155 Å². The predicted molar refractivity (Wildman–Crippen MR) is 99.3 cm³/mol. The van der Waals surface area contributed by atoms with Crippen molar-refractivity contribution in [3.63, 3.8) is 0 Å². The second-order valence-electron chi connectivity index (χ2n) is 6.05. The standard InChI is InChI=1S/C19H17N5O3/c1-24-9-11(8-20)6-16(25)18(24)19(26)23-13-2-3-15(21)14(7-13)17(22)12-4-5-27-10-12/h2-7,9-10,18,22,25H,21H2,1H3,(H,23,26)/p+1. The van der Waals surface area contributed by atoms with E-state index in [0.29, 0.717) is 28.2 Å². The van der Waals surface area contributed by atoms with Crippen LogP contribution in [0.5, 0.6) is 0 Å². The first-order valence-corrected chi connectivity index (χ1v) is 8.01. The molecule has 1 unspecified atom stereocenters. The normalized spacial score (nSPS) is 16.1. The first-order valence-electron chi connectivity index (χ1n) is 8.01. The summed E-state index contributed by atoms with van der Waals surface area (Å²) < 4.78 is 5.03. The fourth-order valence-corrected chi connectivity index (χ4v) is 2.81. The molecule has 2 aromatic rings. The number of likely N-dealkylation sites (N-methyl/N-ethyl adjacent to an activating group) is 1. The Morgan fingerprint density at radius 3 is 2.85 bits per heavy atom. The zero-order chi connectivity index (χ0) is 19.6. The van der Waals surface area contributed by atoms with Gasteiger partial charge >= 0.3 is 0 Å². The molecule has 1 aromatic heterocycles. The van der Waals surface area contributed by atoms with Crippen LogP contribution in [-0.4, -0.2) is 34.7 Å². The van der Waals surface area contributed by atoms with Crippen molar-refractivity contribution in [1.82, 2.24) is 4.90 Å². The van der Waals surface area contributed by atoms with E-state index in [1.807, 2.05) is 6.07 Å². The second kappa shape index (κ2) is 7.09. The summed E-state index contributed by atoms with van der Waals surface area (Å²) >= 11 is 0. The zero-order valence-electron chi connectivity index (χ0n) is 14.5. The highest BCUT2D eigenvalue weighted by atomic mass is 16.3. The smallest absolute Gasteiger partial charge is 0.254 e. The number of aliphatic hydroxyl groups is 1. The van der Waals surface area contributed by atoms with Crippen LogP contribution in [0.25, 0.3) is 0 Å². The van der Waals surface area contributed by atoms with E-state index in [2.05, 4.69) is 5.32 Å². The molecule has 8 heteroatoms. The number of anilines is 2. The number of allylic oxidation sites excluding steroid dienone is 2. The lowest BCUT2D eigenvalue weighted by molar-refractivity contribution is -0.119. The number of carbonyl (C=O) groups excluding carboxylic acids is 1. The Hall–Kier alpha value is -3.99. The summed E-state index contributed by atoms with van der Waals surface area (Å²) in [7, 11) is 1.60. The fraction of sp³-hybridized carbons (Fsp3) is 0.105. The Morgan fingerprint density at radius 2 is 2.22 bits per heavy atom. The van der Waals surface area contributed by atoms with E-state index >= 15 is 0 Å². The van der Waals surface area contributed by atoms with Crippen LogP contribution in [0.3, 0.4) is 0 Å². The largest absolute Gasteiger partial charge is 0.509 e. The monoisotopic (exact) mass is 364 g/mol. The van der Waals surface area contributed by atoms with Crippen LogP contribution in [0.4, 0.5) is 11.4 Å². The highest BCUT2D eigenvalue weighted by Crippen LogP contribution is 2.23. The van der Waals surface area contributed by atoms with Crippen molar-refractivity contribution < 1.29 is 19.7 Å². The lowest BCUT2D eigenvalue weighted by Gasteiger charge is -2.28. The maximum Gasteiger partial charge on any atom is 0.254 e. The first-order chi connectivity index (χ1) is 12.9. The van der Waals surface area contributed by atoms with Gasteiger partial charge in [-0.15, -0.1) is 0 Å². The van der Waals surface area contributed by atoms with E-state index in [9.17, 15) is 9.90 Å². The van der Waals surface area contributed by atoms with E-state index in [1.54, 1.807) is 31.3 Å². The van der Waals surface area contributed by atoms with Crippen molar-refractivity contribution in [3.05, 3.63) is 71.5 Å². The van der Waals surface area contributed by atoms with Gasteiger partial charge in [-0.05, 0) is 30.3 Å². The van der Waals surface area contributed by atoms with Crippen LogP contribution >= 0.6 is 0 Å². The Morgan fingerprint density at radius 1 is 1.44 bits per heavy atom. The Balaban J connectivity index is 1.83. The molecule has 0 saturated heterocycles. The predicted octanol–water partition coefficient (Wildman–Crippen LogP) is 0.560. The highest BCUT2D eigenvalue weighted by molar-refractivity contribution is 6.12. The minimum atomic E-state index is -0.946. The number of amides is 1. The fourth-order valence-electron chi connectivity index (χ4n) is 2.81. The van der Waals surface area contributed by atoms with Crippen molar-refractivity contribution in [2.45, 2.75) is 6.04 Å². The number of aliphatic hydroxyl groups excluding tert-OH is 1. The molecular weight excluding hydrogens is 346 g/mol. The topological polar surface area (TPSA) is 141 Å². The van der Waals surface area contributed by atoms with Gasteiger partial charge in [0.05, 0.1) is 23.0 Å². The Kier molecular flexibility index (Phi) is 4.68. The minimum Gasteiger partial charge on any atom is -0.509 e. The van der Waals surface area contributed by atoms with Gasteiger partial charge in [-0.1, -0.05) is 0 Å². The summed E-state index contributed by atoms with van der Waals surface area (Å²) in [4.78, 5) is 14.1. The van der Waals surface area contributed by atoms with Gasteiger partial charge < -0.3 is 25.5 Å². The van der Waals surface area contributed by atoms with Crippen molar-refractivity contribution in [2.75, 3.05) is 18.1 Å². The van der Waals surface area contributed by atoms with Gasteiger partial charge in [-0.3, -0.25) is 10.2 Å². The molecule has 0 bridgehead atoms. The van der Waals surface area contributed by atoms with E-state index in [0.717, 1.165) is 0 Å². The summed E-state index contributed by atoms with van der Waals surface area (Å²) in [6, 6.07) is 7.61. The SMILES string of the molecule is CN1C=C(C#N)C=C(O)C1C(=O)Nc1ccc(N)c(C(=[NH2+])c2ccoc2)c1. The van der Waals surface area contributed by atoms with Gasteiger partial charge in [0, 0.05) is 24.6 Å². The maximum absolute atomic E-state index is 12.6. The summed E-state index contributed by atoms with van der Waals surface area (Å²) in [5.74, 6) is -0.675. The number of hydrogen-bond acceptors (Lipinski definition) is 6. The molecule has 1 atom stereocenters. The van der Waals surface area contributed by atoms with Gasteiger partial charge in [0.25, 0.3) is 5.91 Å². The number of rotatable bonds is 4. The van der Waals surface area contributed by atoms with E-state index in [4.69, 9.17) is 20.8 Å². The molecule has 136 valence electrons. The molecule has 0 saturated carbocycles. The summed E-state index contributed by atoms with van der Waals surface area (Å²) in [6.07, 6.45) is 5.76. The average molecular weight is 364 g/mol. The number of furan rings is 1. The molecular formula is C19H18N5O3+. The molecule has 0 radical (unpaired) electrons. The summed E-state index contributed by atoms with van der Waals surface area (Å²) in [6.45, 7) is 0. The molecule has 0 aliphatic carbocycles. The third-order valence-electron chi connectivity index (χ3n) is 4.15. The molecule has 8 nitrogen and oxygen atoms in total. The van der Waals surface area contributed by atoms with Crippen molar-refractivity contribution in [1.29, 1.82) is 5.26 Å². The maximum atomic E-state index is 12.6. The van der Waals surface area contributed by atoms with Gasteiger partial charge in [-0.2, -0.15) is 5.26 Å². The summed E-state index contributed by atoms with van der Waals surface area (Å²) in [5.41, 5.74) is 8.82. The molecule has 1 amide bonds. The van der Waals surface area contributed by atoms with Crippen LogP contribution in [0.1, 0.15) is 11.1 Å². The molecule has 0 spiro atoms.